The molecule has 70 valence electrons. The van der Waals surface area contributed by atoms with Crippen molar-refractivity contribution in [1.29, 1.82) is 0 Å². The van der Waals surface area contributed by atoms with E-state index in [1.807, 2.05) is 0 Å². The summed E-state index contributed by atoms with van der Waals surface area (Å²) in [4.78, 5) is 0. The minimum Gasteiger partial charge on any atom is -0.314 e. The normalized spacial score (nSPS) is 27.8. The molecule has 1 N–H and O–H groups in total. The second kappa shape index (κ2) is 3.93. The van der Waals surface area contributed by atoms with E-state index in [0.29, 0.717) is 6.04 Å². The molecule has 2 atom stereocenters. The maximum Gasteiger partial charge on any atom is 0.00706 e. The summed E-state index contributed by atoms with van der Waals surface area (Å²) >= 11 is 0. The van der Waals surface area contributed by atoms with Crippen LogP contribution in [-0.2, 0) is 6.42 Å². The zero-order chi connectivity index (χ0) is 9.10. The number of hydrogen-bond acceptors (Lipinski definition) is 1. The van der Waals surface area contributed by atoms with E-state index in [9.17, 15) is 0 Å². The molecule has 0 amide bonds. The van der Waals surface area contributed by atoms with Gasteiger partial charge in [-0.05, 0) is 37.8 Å². The van der Waals surface area contributed by atoms with E-state index in [1.165, 1.54) is 24.9 Å². The topological polar surface area (TPSA) is 12.0 Å². The van der Waals surface area contributed by atoms with E-state index in [2.05, 4.69) is 42.6 Å². The minimum atomic E-state index is 0.695. The molecule has 2 rings (SSSR count). The van der Waals surface area contributed by atoms with Crippen molar-refractivity contribution in [1.82, 2.24) is 5.32 Å². The van der Waals surface area contributed by atoms with Crippen molar-refractivity contribution >= 4 is 0 Å². The van der Waals surface area contributed by atoms with Crippen LogP contribution in [0, 0.1) is 5.92 Å². The maximum absolute atomic E-state index is 3.49. The third-order valence-electron chi connectivity index (χ3n) is 3.03. The van der Waals surface area contributed by atoms with Gasteiger partial charge in [-0.2, -0.15) is 0 Å². The largest absolute Gasteiger partial charge is 0.314 e. The number of rotatable bonds is 2. The average Bonchev–Trinajstić information content (AvgIpc) is 2.54. The Morgan fingerprint density at radius 1 is 1.31 bits per heavy atom. The highest BCUT2D eigenvalue weighted by molar-refractivity contribution is 5.15. The zero-order valence-electron chi connectivity index (χ0n) is 8.16. The van der Waals surface area contributed by atoms with Crippen LogP contribution in [0.3, 0.4) is 0 Å². The Hall–Kier alpha value is -0.820. The molecule has 0 aliphatic carbocycles. The summed E-state index contributed by atoms with van der Waals surface area (Å²) < 4.78 is 0. The Bertz CT molecular complexity index is 255. The van der Waals surface area contributed by atoms with Gasteiger partial charge in [0, 0.05) is 6.04 Å². The van der Waals surface area contributed by atoms with Crippen LogP contribution >= 0.6 is 0 Å². The van der Waals surface area contributed by atoms with Gasteiger partial charge >= 0.3 is 0 Å². The van der Waals surface area contributed by atoms with Gasteiger partial charge in [-0.1, -0.05) is 30.3 Å². The molecule has 0 bridgehead atoms. The Morgan fingerprint density at radius 2 is 2.08 bits per heavy atom. The molecule has 1 aromatic rings. The predicted molar refractivity (Wildman–Crippen MR) is 55.7 cm³/mol. The first-order valence-corrected chi connectivity index (χ1v) is 5.13. The molecule has 1 aromatic carbocycles. The summed E-state index contributed by atoms with van der Waals surface area (Å²) in [7, 11) is 0. The Labute approximate surface area is 80.2 Å². The lowest BCUT2D eigenvalue weighted by atomic mass is 9.94. The van der Waals surface area contributed by atoms with Gasteiger partial charge in [0.05, 0.1) is 0 Å². The molecular weight excluding hydrogens is 158 g/mol. The van der Waals surface area contributed by atoms with Gasteiger partial charge in [0.2, 0.25) is 0 Å². The summed E-state index contributed by atoms with van der Waals surface area (Å²) in [5.41, 5.74) is 1.48. The molecule has 13 heavy (non-hydrogen) atoms. The van der Waals surface area contributed by atoms with Crippen LogP contribution in [0.4, 0.5) is 0 Å². The average molecular weight is 175 g/mol. The molecule has 1 nitrogen and oxygen atoms in total. The van der Waals surface area contributed by atoms with Crippen LogP contribution in [0.2, 0.25) is 0 Å². The van der Waals surface area contributed by atoms with Crippen LogP contribution in [-0.4, -0.2) is 12.6 Å². The highest BCUT2D eigenvalue weighted by atomic mass is 14.9. The Kier molecular flexibility index (Phi) is 2.65. The van der Waals surface area contributed by atoms with E-state index in [0.717, 1.165) is 5.92 Å². The van der Waals surface area contributed by atoms with Gasteiger partial charge in [-0.25, -0.2) is 0 Å². The SMILES string of the molecule is C[C@@H]1NCC[C@@H]1Cc1ccccc1. The van der Waals surface area contributed by atoms with E-state index in [4.69, 9.17) is 0 Å². The van der Waals surface area contributed by atoms with Crippen LogP contribution in [0.1, 0.15) is 18.9 Å². The molecule has 1 fully saturated rings. The highest BCUT2D eigenvalue weighted by Gasteiger charge is 2.22. The fraction of sp³-hybridized carbons (Fsp3) is 0.500. The summed E-state index contributed by atoms with van der Waals surface area (Å²) in [5, 5.41) is 3.49. The number of benzene rings is 1. The standard InChI is InChI=1S/C12H17N/c1-10-12(7-8-13-10)9-11-5-3-2-4-6-11/h2-6,10,12-13H,7-9H2,1H3/t10-,12+/m0/s1. The van der Waals surface area contributed by atoms with Crippen molar-refractivity contribution in [3.05, 3.63) is 35.9 Å². The molecule has 1 heteroatoms. The van der Waals surface area contributed by atoms with E-state index in [-0.39, 0.29) is 0 Å². The molecule has 0 unspecified atom stereocenters. The fourth-order valence-corrected chi connectivity index (χ4v) is 2.11. The third-order valence-corrected chi connectivity index (χ3v) is 3.03. The van der Waals surface area contributed by atoms with Crippen LogP contribution in [0.25, 0.3) is 0 Å². The minimum absolute atomic E-state index is 0.695. The Morgan fingerprint density at radius 3 is 2.69 bits per heavy atom. The first-order valence-electron chi connectivity index (χ1n) is 5.13. The van der Waals surface area contributed by atoms with Gasteiger partial charge < -0.3 is 5.32 Å². The molecule has 0 spiro atoms. The molecule has 0 aromatic heterocycles. The lowest BCUT2D eigenvalue weighted by Crippen LogP contribution is -2.23. The van der Waals surface area contributed by atoms with Crippen LogP contribution in [0.5, 0.6) is 0 Å². The number of nitrogens with one attached hydrogen (secondary N) is 1. The van der Waals surface area contributed by atoms with Crippen molar-refractivity contribution in [2.75, 3.05) is 6.54 Å². The van der Waals surface area contributed by atoms with Gasteiger partial charge in [0.15, 0.2) is 0 Å². The van der Waals surface area contributed by atoms with Crippen molar-refractivity contribution < 1.29 is 0 Å². The maximum atomic E-state index is 3.49. The first kappa shape index (κ1) is 8.76. The molecule has 1 aliphatic rings. The summed E-state index contributed by atoms with van der Waals surface area (Å²) in [5.74, 6) is 0.836. The third kappa shape index (κ3) is 2.10. The molecule has 1 aliphatic heterocycles. The van der Waals surface area contributed by atoms with Gasteiger partial charge in [-0.15, -0.1) is 0 Å². The summed E-state index contributed by atoms with van der Waals surface area (Å²) in [6.07, 6.45) is 2.56. The molecule has 0 saturated carbocycles. The van der Waals surface area contributed by atoms with Crippen LogP contribution < -0.4 is 5.32 Å². The number of hydrogen-bond donors (Lipinski definition) is 1. The van der Waals surface area contributed by atoms with Gasteiger partial charge in [0.1, 0.15) is 0 Å². The highest BCUT2D eigenvalue weighted by Crippen LogP contribution is 2.19. The summed E-state index contributed by atoms with van der Waals surface area (Å²) in [6.45, 7) is 3.49. The molecular formula is C12H17N. The van der Waals surface area contributed by atoms with Crippen molar-refractivity contribution in [2.45, 2.75) is 25.8 Å². The van der Waals surface area contributed by atoms with E-state index >= 15 is 0 Å². The van der Waals surface area contributed by atoms with E-state index < -0.39 is 0 Å². The predicted octanol–water partition coefficient (Wildman–Crippen LogP) is 2.23. The van der Waals surface area contributed by atoms with Crippen LogP contribution in [0.15, 0.2) is 30.3 Å². The second-order valence-electron chi connectivity index (χ2n) is 3.98. The monoisotopic (exact) mass is 175 g/mol. The summed E-state index contributed by atoms with van der Waals surface area (Å²) in [6, 6.07) is 11.5. The Balaban J connectivity index is 1.98. The molecule has 1 saturated heterocycles. The van der Waals surface area contributed by atoms with Gasteiger partial charge in [0.25, 0.3) is 0 Å². The van der Waals surface area contributed by atoms with Crippen molar-refractivity contribution in [3.8, 4) is 0 Å². The zero-order valence-corrected chi connectivity index (χ0v) is 8.16. The molecule has 1 heterocycles. The molecule has 0 radical (unpaired) electrons. The lowest BCUT2D eigenvalue weighted by molar-refractivity contribution is 0.474. The van der Waals surface area contributed by atoms with E-state index in [1.54, 1.807) is 0 Å². The lowest BCUT2D eigenvalue weighted by Gasteiger charge is -2.14. The van der Waals surface area contributed by atoms with Gasteiger partial charge in [-0.3, -0.25) is 0 Å². The second-order valence-corrected chi connectivity index (χ2v) is 3.98. The smallest absolute Gasteiger partial charge is 0.00706 e. The van der Waals surface area contributed by atoms with Crippen molar-refractivity contribution in [3.63, 3.8) is 0 Å². The quantitative estimate of drug-likeness (QED) is 0.726. The fourth-order valence-electron chi connectivity index (χ4n) is 2.11. The van der Waals surface area contributed by atoms with Crippen molar-refractivity contribution in [2.24, 2.45) is 5.92 Å². The first-order chi connectivity index (χ1) is 6.36.